The van der Waals surface area contributed by atoms with Gasteiger partial charge in [-0.3, -0.25) is 4.90 Å². The lowest BCUT2D eigenvalue weighted by Crippen LogP contribution is -2.13. The number of benzene rings is 7. The van der Waals surface area contributed by atoms with Gasteiger partial charge in [-0.1, -0.05) is 152 Å². The zero-order valence-electron chi connectivity index (χ0n) is 24.7. The molecular formula is C43H30N2. The van der Waals surface area contributed by atoms with E-state index in [1.54, 1.807) is 0 Å². The summed E-state index contributed by atoms with van der Waals surface area (Å²) in [6, 6.07) is 64.4. The minimum absolute atomic E-state index is 0.872. The largest absolute Gasteiger partial charge is 0.294 e. The van der Waals surface area contributed by atoms with Crippen LogP contribution in [0.4, 0.5) is 17.2 Å². The van der Waals surface area contributed by atoms with Gasteiger partial charge in [-0.05, 0) is 63.4 Å². The molecule has 0 atom stereocenters. The van der Waals surface area contributed by atoms with E-state index in [-0.39, 0.29) is 0 Å². The zero-order chi connectivity index (χ0) is 30.0. The number of aromatic nitrogens is 1. The first-order chi connectivity index (χ1) is 22.3. The molecule has 0 N–H and O–H groups in total. The molecule has 0 aliphatic heterocycles. The highest BCUT2D eigenvalue weighted by Crippen LogP contribution is 2.48. The van der Waals surface area contributed by atoms with Crippen LogP contribution >= 0.6 is 0 Å². The standard InChI is InChI=1S/C43H30N2/c1-4-16-31(17-5-1)33-20-14-21-34(30-33)42-36-24-10-12-26-38(36)43(39-27-13-11-25-37(39)42)45(35-22-8-3-9-23-35)41-29-15-28-40(44-41)32-18-6-2-7-19-32/h1-30H. The van der Waals surface area contributed by atoms with Crippen molar-refractivity contribution in [2.75, 3.05) is 4.90 Å². The van der Waals surface area contributed by atoms with Gasteiger partial charge < -0.3 is 0 Å². The number of para-hydroxylation sites is 1. The van der Waals surface area contributed by atoms with Crippen LogP contribution in [0, 0.1) is 0 Å². The van der Waals surface area contributed by atoms with Crippen LogP contribution < -0.4 is 4.90 Å². The van der Waals surface area contributed by atoms with Crippen LogP contribution in [0.15, 0.2) is 182 Å². The minimum atomic E-state index is 0.872. The zero-order valence-corrected chi connectivity index (χ0v) is 24.7. The van der Waals surface area contributed by atoms with Crippen LogP contribution in [0.5, 0.6) is 0 Å². The molecule has 2 heteroatoms. The Morgan fingerprint density at radius 1 is 0.356 bits per heavy atom. The molecule has 0 saturated carbocycles. The molecule has 0 saturated heterocycles. The molecule has 0 radical (unpaired) electrons. The van der Waals surface area contributed by atoms with Gasteiger partial charge in [0.1, 0.15) is 5.82 Å². The highest BCUT2D eigenvalue weighted by Gasteiger charge is 2.23. The smallest absolute Gasteiger partial charge is 0.138 e. The fourth-order valence-corrected chi connectivity index (χ4v) is 6.41. The summed E-state index contributed by atoms with van der Waals surface area (Å²) in [5.41, 5.74) is 9.07. The first kappa shape index (κ1) is 26.6. The molecule has 7 aromatic carbocycles. The summed E-state index contributed by atoms with van der Waals surface area (Å²) in [5, 5.41) is 4.76. The molecule has 2 nitrogen and oxygen atoms in total. The number of hydrogen-bond acceptors (Lipinski definition) is 2. The van der Waals surface area contributed by atoms with Crippen LogP contribution in [-0.4, -0.2) is 4.98 Å². The molecule has 0 spiro atoms. The second-order valence-electron chi connectivity index (χ2n) is 11.2. The summed E-state index contributed by atoms with van der Waals surface area (Å²) < 4.78 is 0. The topological polar surface area (TPSA) is 16.1 Å². The number of rotatable bonds is 6. The maximum atomic E-state index is 5.26. The molecule has 8 aromatic rings. The quantitative estimate of drug-likeness (QED) is 0.184. The van der Waals surface area contributed by atoms with Crippen molar-refractivity contribution >= 4 is 38.7 Å². The first-order valence-corrected chi connectivity index (χ1v) is 15.3. The van der Waals surface area contributed by atoms with E-state index in [1.807, 2.05) is 6.07 Å². The van der Waals surface area contributed by atoms with Crippen molar-refractivity contribution in [1.82, 2.24) is 4.98 Å². The van der Waals surface area contributed by atoms with Crippen LogP contribution in [0.25, 0.3) is 55.1 Å². The highest BCUT2D eigenvalue weighted by molar-refractivity contribution is 6.22. The maximum Gasteiger partial charge on any atom is 0.138 e. The van der Waals surface area contributed by atoms with Gasteiger partial charge >= 0.3 is 0 Å². The summed E-state index contributed by atoms with van der Waals surface area (Å²) in [5.74, 6) is 0.872. The Balaban J connectivity index is 1.42. The lowest BCUT2D eigenvalue weighted by atomic mass is 9.89. The van der Waals surface area contributed by atoms with Crippen molar-refractivity contribution in [2.45, 2.75) is 0 Å². The van der Waals surface area contributed by atoms with Crippen LogP contribution in [0.1, 0.15) is 0 Å². The summed E-state index contributed by atoms with van der Waals surface area (Å²) >= 11 is 0. The third-order valence-corrected chi connectivity index (χ3v) is 8.43. The molecule has 45 heavy (non-hydrogen) atoms. The Morgan fingerprint density at radius 3 is 1.49 bits per heavy atom. The average molecular weight is 575 g/mol. The second kappa shape index (κ2) is 11.6. The Morgan fingerprint density at radius 2 is 0.844 bits per heavy atom. The molecule has 0 bridgehead atoms. The summed E-state index contributed by atoms with van der Waals surface area (Å²) in [6.45, 7) is 0. The molecule has 1 heterocycles. The maximum absolute atomic E-state index is 5.26. The van der Waals surface area contributed by atoms with E-state index in [0.29, 0.717) is 0 Å². The Hall–Kier alpha value is -5.99. The molecule has 0 unspecified atom stereocenters. The predicted octanol–water partition coefficient (Wildman–Crippen LogP) is 11.9. The van der Waals surface area contributed by atoms with E-state index >= 15 is 0 Å². The van der Waals surface area contributed by atoms with Crippen LogP contribution in [0.2, 0.25) is 0 Å². The van der Waals surface area contributed by atoms with Crippen LogP contribution in [-0.2, 0) is 0 Å². The average Bonchev–Trinajstić information content (AvgIpc) is 3.13. The molecule has 8 rings (SSSR count). The normalized spacial score (nSPS) is 11.1. The molecular weight excluding hydrogens is 544 g/mol. The molecule has 1 aromatic heterocycles. The van der Waals surface area contributed by atoms with E-state index in [0.717, 1.165) is 28.5 Å². The van der Waals surface area contributed by atoms with E-state index in [2.05, 4.69) is 181 Å². The monoisotopic (exact) mass is 574 g/mol. The summed E-state index contributed by atoms with van der Waals surface area (Å²) in [4.78, 5) is 7.58. The van der Waals surface area contributed by atoms with Crippen molar-refractivity contribution in [1.29, 1.82) is 0 Å². The van der Waals surface area contributed by atoms with Crippen molar-refractivity contribution < 1.29 is 0 Å². The molecule has 0 aliphatic carbocycles. The SMILES string of the molecule is c1ccc(-c2cccc(-c3c4ccccc4c(N(c4ccccc4)c4cccc(-c5ccccc5)n4)c4ccccc34)c2)cc1. The van der Waals surface area contributed by atoms with Gasteiger partial charge in [-0.2, -0.15) is 0 Å². The van der Waals surface area contributed by atoms with Gasteiger partial charge in [0.05, 0.1) is 11.4 Å². The van der Waals surface area contributed by atoms with E-state index in [1.165, 1.54) is 43.8 Å². The van der Waals surface area contributed by atoms with Gasteiger partial charge in [-0.25, -0.2) is 4.98 Å². The summed E-state index contributed by atoms with van der Waals surface area (Å²) in [7, 11) is 0. The third kappa shape index (κ3) is 4.93. The highest BCUT2D eigenvalue weighted by atomic mass is 15.2. The van der Waals surface area contributed by atoms with Crippen molar-refractivity contribution in [3.63, 3.8) is 0 Å². The Kier molecular flexibility index (Phi) is 6.86. The molecule has 0 fully saturated rings. The predicted molar refractivity (Wildman–Crippen MR) is 190 cm³/mol. The van der Waals surface area contributed by atoms with Gasteiger partial charge in [0.2, 0.25) is 0 Å². The van der Waals surface area contributed by atoms with Gasteiger partial charge in [0.15, 0.2) is 0 Å². The van der Waals surface area contributed by atoms with Crippen molar-refractivity contribution in [3.05, 3.63) is 182 Å². The minimum Gasteiger partial charge on any atom is -0.294 e. The lowest BCUT2D eigenvalue weighted by molar-refractivity contribution is 1.20. The fourth-order valence-electron chi connectivity index (χ4n) is 6.41. The Labute approximate surface area is 263 Å². The summed E-state index contributed by atoms with van der Waals surface area (Å²) in [6.07, 6.45) is 0. The fraction of sp³-hybridized carbons (Fsp3) is 0. The van der Waals surface area contributed by atoms with Gasteiger partial charge in [0.25, 0.3) is 0 Å². The Bertz CT molecular complexity index is 2200. The number of fused-ring (bicyclic) bond motifs is 2. The van der Waals surface area contributed by atoms with Gasteiger partial charge in [-0.15, -0.1) is 0 Å². The molecule has 212 valence electrons. The van der Waals surface area contributed by atoms with E-state index in [9.17, 15) is 0 Å². The van der Waals surface area contributed by atoms with E-state index in [4.69, 9.17) is 4.98 Å². The first-order valence-electron chi connectivity index (χ1n) is 15.3. The molecule has 0 amide bonds. The van der Waals surface area contributed by atoms with E-state index < -0.39 is 0 Å². The number of anilines is 3. The van der Waals surface area contributed by atoms with Crippen molar-refractivity contribution in [3.8, 4) is 33.5 Å². The van der Waals surface area contributed by atoms with Crippen molar-refractivity contribution in [2.24, 2.45) is 0 Å². The van der Waals surface area contributed by atoms with Crippen LogP contribution in [0.3, 0.4) is 0 Å². The third-order valence-electron chi connectivity index (χ3n) is 8.43. The number of pyridine rings is 1. The number of nitrogens with zero attached hydrogens (tertiary/aromatic N) is 2. The second-order valence-corrected chi connectivity index (χ2v) is 11.2. The lowest BCUT2D eigenvalue weighted by Gasteiger charge is -2.29. The van der Waals surface area contributed by atoms with Gasteiger partial charge in [0, 0.05) is 22.0 Å². The number of hydrogen-bond donors (Lipinski definition) is 0. The molecule has 0 aliphatic rings.